The summed E-state index contributed by atoms with van der Waals surface area (Å²) in [6, 6.07) is 9.41. The molecule has 1 rings (SSSR count). The molecule has 0 saturated heterocycles. The van der Waals surface area contributed by atoms with Gasteiger partial charge in [0.05, 0.1) is 6.42 Å². The molecule has 0 aliphatic carbocycles. The molecule has 13 heavy (non-hydrogen) atoms. The van der Waals surface area contributed by atoms with Crippen LogP contribution in [0.3, 0.4) is 0 Å². The molecule has 0 saturated carbocycles. The van der Waals surface area contributed by atoms with E-state index in [0.29, 0.717) is 6.42 Å². The fourth-order valence-corrected chi connectivity index (χ4v) is 1.07. The Bertz CT molecular complexity index is 270. The summed E-state index contributed by atoms with van der Waals surface area (Å²) in [6.07, 6.45) is -0.470. The molecule has 3 nitrogen and oxygen atoms in total. The van der Waals surface area contributed by atoms with E-state index in [4.69, 9.17) is 5.11 Å². The number of benzene rings is 1. The highest BCUT2D eigenvalue weighted by Gasteiger charge is 2.04. The molecule has 0 fully saturated rings. The maximum absolute atomic E-state index is 11.2. The first-order chi connectivity index (χ1) is 6.18. The number of amides is 1. The van der Waals surface area contributed by atoms with Gasteiger partial charge in [-0.15, -0.1) is 0 Å². The first kappa shape index (κ1) is 9.74. The number of aliphatic hydroxyl groups excluding tert-OH is 1. The maximum atomic E-state index is 11.2. The normalized spacial score (nSPS) is 12.2. The topological polar surface area (TPSA) is 49.3 Å². The van der Waals surface area contributed by atoms with Gasteiger partial charge in [-0.2, -0.15) is 0 Å². The van der Waals surface area contributed by atoms with Crippen molar-refractivity contribution in [2.75, 3.05) is 0 Å². The van der Waals surface area contributed by atoms with Gasteiger partial charge in [0.25, 0.3) is 0 Å². The standard InChI is InChI=1S/C10H13NO2/c1-8(12)11-10(13)7-9-5-3-2-4-6-9/h2-6,8,12H,7H2,1H3,(H,11,13). The van der Waals surface area contributed by atoms with Crippen LogP contribution in [0.1, 0.15) is 12.5 Å². The van der Waals surface area contributed by atoms with Crippen LogP contribution in [0.15, 0.2) is 30.3 Å². The molecule has 0 heterocycles. The van der Waals surface area contributed by atoms with Crippen molar-refractivity contribution in [3.8, 4) is 0 Å². The Morgan fingerprint density at radius 3 is 2.62 bits per heavy atom. The second kappa shape index (κ2) is 4.62. The van der Waals surface area contributed by atoms with E-state index in [2.05, 4.69) is 5.32 Å². The summed E-state index contributed by atoms with van der Waals surface area (Å²) in [5.41, 5.74) is 0.945. The van der Waals surface area contributed by atoms with Crippen molar-refractivity contribution in [3.63, 3.8) is 0 Å². The smallest absolute Gasteiger partial charge is 0.226 e. The molecule has 2 N–H and O–H groups in total. The Hall–Kier alpha value is -1.35. The average molecular weight is 179 g/mol. The van der Waals surface area contributed by atoms with Crippen molar-refractivity contribution < 1.29 is 9.90 Å². The van der Waals surface area contributed by atoms with E-state index in [1.807, 2.05) is 30.3 Å². The summed E-state index contributed by atoms with van der Waals surface area (Å²) in [6.45, 7) is 1.52. The molecule has 1 atom stereocenters. The molecular weight excluding hydrogens is 166 g/mol. The average Bonchev–Trinajstić information content (AvgIpc) is 2.04. The molecule has 0 aliphatic rings. The number of aliphatic hydroxyl groups is 1. The fraction of sp³-hybridized carbons (Fsp3) is 0.300. The Kier molecular flexibility index (Phi) is 3.46. The van der Waals surface area contributed by atoms with Crippen LogP contribution in [0.2, 0.25) is 0 Å². The molecular formula is C10H13NO2. The van der Waals surface area contributed by atoms with Gasteiger partial charge >= 0.3 is 0 Å². The van der Waals surface area contributed by atoms with Gasteiger partial charge in [-0.25, -0.2) is 0 Å². The number of hydrogen-bond acceptors (Lipinski definition) is 2. The zero-order valence-electron chi connectivity index (χ0n) is 7.53. The monoisotopic (exact) mass is 179 g/mol. The Morgan fingerprint density at radius 2 is 2.08 bits per heavy atom. The predicted molar refractivity (Wildman–Crippen MR) is 50.0 cm³/mol. The largest absolute Gasteiger partial charge is 0.374 e. The molecule has 0 spiro atoms. The van der Waals surface area contributed by atoms with Gasteiger partial charge in [0, 0.05) is 0 Å². The Morgan fingerprint density at radius 1 is 1.46 bits per heavy atom. The molecule has 1 unspecified atom stereocenters. The van der Waals surface area contributed by atoms with Crippen LogP contribution in [0, 0.1) is 0 Å². The molecule has 3 heteroatoms. The highest BCUT2D eigenvalue weighted by Crippen LogP contribution is 1.98. The minimum absolute atomic E-state index is 0.166. The number of carbonyl (C=O) groups is 1. The second-order valence-corrected chi connectivity index (χ2v) is 2.91. The van der Waals surface area contributed by atoms with Crippen LogP contribution in [-0.2, 0) is 11.2 Å². The lowest BCUT2D eigenvalue weighted by Gasteiger charge is -2.06. The lowest BCUT2D eigenvalue weighted by atomic mass is 10.1. The van der Waals surface area contributed by atoms with E-state index < -0.39 is 6.23 Å². The van der Waals surface area contributed by atoms with Gasteiger partial charge in [0.2, 0.25) is 5.91 Å². The molecule has 70 valence electrons. The van der Waals surface area contributed by atoms with E-state index in [1.165, 1.54) is 6.92 Å². The van der Waals surface area contributed by atoms with Crippen LogP contribution in [0.4, 0.5) is 0 Å². The highest BCUT2D eigenvalue weighted by atomic mass is 16.3. The molecule has 0 bridgehead atoms. The van der Waals surface area contributed by atoms with Crippen molar-refractivity contribution in [2.45, 2.75) is 19.6 Å². The number of nitrogens with one attached hydrogen (secondary N) is 1. The fourth-order valence-electron chi connectivity index (χ4n) is 1.07. The lowest BCUT2D eigenvalue weighted by Crippen LogP contribution is -2.33. The lowest BCUT2D eigenvalue weighted by molar-refractivity contribution is -0.123. The van der Waals surface area contributed by atoms with Crippen LogP contribution >= 0.6 is 0 Å². The van der Waals surface area contributed by atoms with Crippen molar-refractivity contribution in [2.24, 2.45) is 0 Å². The maximum Gasteiger partial charge on any atom is 0.226 e. The first-order valence-electron chi connectivity index (χ1n) is 4.20. The first-order valence-corrected chi connectivity index (χ1v) is 4.20. The van der Waals surface area contributed by atoms with Crippen LogP contribution in [0.25, 0.3) is 0 Å². The second-order valence-electron chi connectivity index (χ2n) is 2.91. The third kappa shape index (κ3) is 3.71. The van der Waals surface area contributed by atoms with Gasteiger partial charge in [-0.3, -0.25) is 4.79 Å². The molecule has 1 amide bonds. The van der Waals surface area contributed by atoms with E-state index >= 15 is 0 Å². The van der Waals surface area contributed by atoms with Crippen molar-refractivity contribution >= 4 is 5.91 Å². The van der Waals surface area contributed by atoms with Crippen molar-refractivity contribution in [3.05, 3.63) is 35.9 Å². The summed E-state index contributed by atoms with van der Waals surface area (Å²) < 4.78 is 0. The van der Waals surface area contributed by atoms with E-state index in [9.17, 15) is 4.79 Å². The minimum Gasteiger partial charge on any atom is -0.374 e. The van der Waals surface area contributed by atoms with E-state index in [0.717, 1.165) is 5.56 Å². The Labute approximate surface area is 77.4 Å². The molecule has 1 aromatic rings. The molecule has 0 aliphatic heterocycles. The third-order valence-corrected chi connectivity index (χ3v) is 1.58. The quantitative estimate of drug-likeness (QED) is 0.670. The molecule has 0 aromatic heterocycles. The van der Waals surface area contributed by atoms with Crippen molar-refractivity contribution in [1.29, 1.82) is 0 Å². The summed E-state index contributed by atoms with van der Waals surface area (Å²) in [5, 5.41) is 11.3. The molecule has 1 aromatic carbocycles. The Balaban J connectivity index is 2.46. The number of rotatable bonds is 3. The van der Waals surface area contributed by atoms with Gasteiger partial charge in [-0.1, -0.05) is 30.3 Å². The van der Waals surface area contributed by atoms with Gasteiger partial charge in [0.15, 0.2) is 0 Å². The van der Waals surface area contributed by atoms with Crippen LogP contribution < -0.4 is 5.32 Å². The van der Waals surface area contributed by atoms with Crippen molar-refractivity contribution in [1.82, 2.24) is 5.32 Å². The van der Waals surface area contributed by atoms with Gasteiger partial charge in [0.1, 0.15) is 6.23 Å². The summed E-state index contributed by atoms with van der Waals surface area (Å²) in [4.78, 5) is 11.2. The zero-order valence-corrected chi connectivity index (χ0v) is 7.53. The van der Waals surface area contributed by atoms with Gasteiger partial charge in [-0.05, 0) is 12.5 Å². The van der Waals surface area contributed by atoms with E-state index in [1.54, 1.807) is 0 Å². The SMILES string of the molecule is CC(O)NC(=O)Cc1ccccc1. The number of carbonyl (C=O) groups excluding carboxylic acids is 1. The highest BCUT2D eigenvalue weighted by molar-refractivity contribution is 5.78. The third-order valence-electron chi connectivity index (χ3n) is 1.58. The summed E-state index contributed by atoms with van der Waals surface area (Å²) >= 11 is 0. The molecule has 0 radical (unpaired) electrons. The zero-order chi connectivity index (χ0) is 9.68. The van der Waals surface area contributed by atoms with E-state index in [-0.39, 0.29) is 5.91 Å². The van der Waals surface area contributed by atoms with Crippen LogP contribution in [0.5, 0.6) is 0 Å². The minimum atomic E-state index is -0.781. The predicted octanol–water partition coefficient (Wildman–Crippen LogP) is 0.684. The summed E-state index contributed by atoms with van der Waals surface area (Å²) in [5.74, 6) is -0.166. The number of hydrogen-bond donors (Lipinski definition) is 2. The van der Waals surface area contributed by atoms with Gasteiger partial charge < -0.3 is 10.4 Å². The summed E-state index contributed by atoms with van der Waals surface area (Å²) in [7, 11) is 0. The van der Waals surface area contributed by atoms with Crippen LogP contribution in [-0.4, -0.2) is 17.2 Å².